The third-order valence-corrected chi connectivity index (χ3v) is 8.12. The molecule has 1 saturated heterocycles. The van der Waals surface area contributed by atoms with Crippen LogP contribution in [0.4, 0.5) is 4.39 Å². The number of aryl methyl sites for hydroxylation is 1. The Kier molecular flexibility index (Phi) is 9.19. The zero-order valence-corrected chi connectivity index (χ0v) is 20.8. The van der Waals surface area contributed by atoms with Gasteiger partial charge in [0.1, 0.15) is 11.6 Å². The second-order valence-corrected chi connectivity index (χ2v) is 10.3. The number of thioether (sulfide) groups is 1. The van der Waals surface area contributed by atoms with Gasteiger partial charge >= 0.3 is 0 Å². The lowest BCUT2D eigenvalue weighted by atomic mass is 9.82. The molecule has 4 nitrogen and oxygen atoms in total. The molecule has 34 heavy (non-hydrogen) atoms. The number of aliphatic hydroxyl groups is 1. The fourth-order valence-corrected chi connectivity index (χ4v) is 5.93. The summed E-state index contributed by atoms with van der Waals surface area (Å²) in [5, 5.41) is 11.2. The van der Waals surface area contributed by atoms with Gasteiger partial charge in [0.15, 0.2) is 0 Å². The Balaban J connectivity index is 1.22. The molecule has 2 heterocycles. The molecule has 0 amide bonds. The van der Waals surface area contributed by atoms with Gasteiger partial charge in [-0.2, -0.15) is 0 Å². The molecule has 0 bridgehead atoms. The maximum absolute atomic E-state index is 13.8. The van der Waals surface area contributed by atoms with Crippen LogP contribution >= 0.6 is 11.8 Å². The zero-order chi connectivity index (χ0) is 23.8. The van der Waals surface area contributed by atoms with E-state index >= 15 is 0 Å². The summed E-state index contributed by atoms with van der Waals surface area (Å²) in [5.41, 5.74) is 2.32. The lowest BCUT2D eigenvalue weighted by molar-refractivity contribution is 0.0677. The summed E-state index contributed by atoms with van der Waals surface area (Å²) >= 11 is 1.59. The minimum absolute atomic E-state index is 0.132. The number of methoxy groups -OCH3 is 1. The highest BCUT2D eigenvalue weighted by molar-refractivity contribution is 7.99. The molecule has 0 aliphatic carbocycles. The molecule has 4 rings (SSSR count). The van der Waals surface area contributed by atoms with Crippen LogP contribution in [0.25, 0.3) is 10.9 Å². The standard InChI is InChI=1S/C28H35FN2O2S/c1-33-24-10-11-27-25(18-24)22(12-14-30-27)7-4-6-21-13-16-31(19-23(21)20-32)15-5-17-34-28-9-3-2-8-26(28)29/h2-3,8-12,14,18,21,23,32H,4-7,13,15-17,19-20H2,1H3/t21-,23-/m1/s1. The van der Waals surface area contributed by atoms with Crippen molar-refractivity contribution >= 4 is 22.7 Å². The van der Waals surface area contributed by atoms with E-state index in [1.54, 1.807) is 24.9 Å². The molecule has 0 radical (unpaired) electrons. The van der Waals surface area contributed by atoms with E-state index in [1.165, 1.54) is 17.0 Å². The van der Waals surface area contributed by atoms with Gasteiger partial charge in [0, 0.05) is 29.6 Å². The first kappa shape index (κ1) is 25.0. The molecule has 1 fully saturated rings. The highest BCUT2D eigenvalue weighted by Crippen LogP contribution is 2.30. The number of benzene rings is 2. The normalized spacial score (nSPS) is 18.9. The Morgan fingerprint density at radius 2 is 2.03 bits per heavy atom. The molecule has 1 N–H and O–H groups in total. The summed E-state index contributed by atoms with van der Waals surface area (Å²) in [7, 11) is 1.69. The van der Waals surface area contributed by atoms with E-state index in [-0.39, 0.29) is 12.4 Å². The lowest BCUT2D eigenvalue weighted by Gasteiger charge is -2.38. The van der Waals surface area contributed by atoms with E-state index in [0.717, 1.165) is 73.7 Å². The molecule has 1 aliphatic rings. The predicted molar refractivity (Wildman–Crippen MR) is 138 cm³/mol. The molecule has 0 spiro atoms. The number of hydrogen-bond donors (Lipinski definition) is 1. The number of nitrogens with zero attached hydrogens (tertiary/aromatic N) is 2. The summed E-state index contributed by atoms with van der Waals surface area (Å²) in [5.74, 6) is 2.54. The van der Waals surface area contributed by atoms with E-state index in [9.17, 15) is 9.50 Å². The Morgan fingerprint density at radius 3 is 2.85 bits per heavy atom. The highest BCUT2D eigenvalue weighted by Gasteiger charge is 2.28. The largest absolute Gasteiger partial charge is 0.497 e. The molecular formula is C28H35FN2O2S. The predicted octanol–water partition coefficient (Wildman–Crippen LogP) is 5.82. The van der Waals surface area contributed by atoms with Crippen molar-refractivity contribution in [2.45, 2.75) is 37.0 Å². The van der Waals surface area contributed by atoms with Gasteiger partial charge in [0.05, 0.1) is 12.6 Å². The first-order valence-corrected chi connectivity index (χ1v) is 13.3. The topological polar surface area (TPSA) is 45.6 Å². The van der Waals surface area contributed by atoms with Gasteiger partial charge < -0.3 is 14.7 Å². The van der Waals surface area contributed by atoms with Crippen LogP contribution in [0.3, 0.4) is 0 Å². The van der Waals surface area contributed by atoms with E-state index in [1.807, 2.05) is 30.5 Å². The highest BCUT2D eigenvalue weighted by atomic mass is 32.2. The van der Waals surface area contributed by atoms with E-state index in [2.05, 4.69) is 22.0 Å². The van der Waals surface area contributed by atoms with Crippen molar-refractivity contribution in [1.82, 2.24) is 9.88 Å². The SMILES string of the molecule is COc1ccc2nccc(CCC[C@@H]3CCN(CCCSc4ccccc4F)C[C@@H]3CO)c2c1. The fraction of sp³-hybridized carbons (Fsp3) is 0.464. The van der Waals surface area contributed by atoms with Gasteiger partial charge in [-0.3, -0.25) is 4.98 Å². The van der Waals surface area contributed by atoms with Crippen molar-refractivity contribution in [2.24, 2.45) is 11.8 Å². The Morgan fingerprint density at radius 1 is 1.15 bits per heavy atom. The van der Waals surface area contributed by atoms with Gasteiger partial charge in [0.2, 0.25) is 0 Å². The van der Waals surface area contributed by atoms with Crippen LogP contribution in [0.15, 0.2) is 59.6 Å². The molecule has 0 saturated carbocycles. The molecule has 2 atom stereocenters. The van der Waals surface area contributed by atoms with Gasteiger partial charge in [-0.05, 0) is 105 Å². The average molecular weight is 483 g/mol. The van der Waals surface area contributed by atoms with Crippen LogP contribution in [0, 0.1) is 17.7 Å². The van der Waals surface area contributed by atoms with Gasteiger partial charge in [-0.1, -0.05) is 12.1 Å². The number of aromatic nitrogens is 1. The van der Waals surface area contributed by atoms with Crippen LogP contribution in [0.2, 0.25) is 0 Å². The first-order valence-electron chi connectivity index (χ1n) is 12.3. The van der Waals surface area contributed by atoms with Crippen molar-refractivity contribution in [3.8, 4) is 5.75 Å². The maximum Gasteiger partial charge on any atom is 0.136 e. The quantitative estimate of drug-likeness (QED) is 0.276. The molecule has 1 aromatic heterocycles. The molecule has 0 unspecified atom stereocenters. The first-order chi connectivity index (χ1) is 16.7. The van der Waals surface area contributed by atoms with Gasteiger partial charge in [-0.15, -0.1) is 11.8 Å². The number of piperidine rings is 1. The number of likely N-dealkylation sites (tertiary alicyclic amines) is 1. The van der Waals surface area contributed by atoms with Crippen molar-refractivity contribution in [2.75, 3.05) is 39.1 Å². The number of fused-ring (bicyclic) bond motifs is 1. The monoisotopic (exact) mass is 482 g/mol. The summed E-state index contributed by atoms with van der Waals surface area (Å²) in [4.78, 5) is 7.69. The molecular weight excluding hydrogens is 447 g/mol. The average Bonchev–Trinajstić information content (AvgIpc) is 2.88. The van der Waals surface area contributed by atoms with Gasteiger partial charge in [0.25, 0.3) is 0 Å². The summed E-state index contributed by atoms with van der Waals surface area (Å²) in [6, 6.07) is 15.2. The second kappa shape index (κ2) is 12.5. The van der Waals surface area contributed by atoms with Crippen LogP contribution in [-0.2, 0) is 6.42 Å². The van der Waals surface area contributed by atoms with E-state index in [4.69, 9.17) is 4.74 Å². The van der Waals surface area contributed by atoms with Crippen molar-refractivity contribution in [3.05, 3.63) is 66.1 Å². The van der Waals surface area contributed by atoms with Crippen LogP contribution in [0.5, 0.6) is 5.75 Å². The number of pyridine rings is 1. The van der Waals surface area contributed by atoms with Crippen LogP contribution in [-0.4, -0.2) is 54.1 Å². The second-order valence-electron chi connectivity index (χ2n) is 9.17. The number of rotatable bonds is 11. The lowest BCUT2D eigenvalue weighted by Crippen LogP contribution is -2.42. The Hall–Kier alpha value is -2.15. The fourth-order valence-electron chi connectivity index (χ4n) is 5.06. The van der Waals surface area contributed by atoms with Crippen LogP contribution in [0.1, 0.15) is 31.2 Å². The van der Waals surface area contributed by atoms with Crippen LogP contribution < -0.4 is 4.74 Å². The minimum atomic E-state index is -0.132. The molecule has 6 heteroatoms. The summed E-state index contributed by atoms with van der Waals surface area (Å²) in [6.07, 6.45) is 7.31. The van der Waals surface area contributed by atoms with Crippen molar-refractivity contribution in [3.63, 3.8) is 0 Å². The summed E-state index contributed by atoms with van der Waals surface area (Å²) < 4.78 is 19.2. The van der Waals surface area contributed by atoms with Crippen molar-refractivity contribution < 1.29 is 14.2 Å². The van der Waals surface area contributed by atoms with Crippen molar-refractivity contribution in [1.29, 1.82) is 0 Å². The Labute approximate surface area is 206 Å². The molecule has 182 valence electrons. The smallest absolute Gasteiger partial charge is 0.136 e. The Bertz CT molecular complexity index is 1060. The summed E-state index contributed by atoms with van der Waals surface area (Å²) in [6.45, 7) is 3.30. The third kappa shape index (κ3) is 6.49. The molecule has 3 aromatic rings. The number of aliphatic hydroxyl groups excluding tert-OH is 1. The number of ether oxygens (including phenoxy) is 1. The van der Waals surface area contributed by atoms with E-state index < -0.39 is 0 Å². The molecule has 2 aromatic carbocycles. The zero-order valence-electron chi connectivity index (χ0n) is 20.0. The maximum atomic E-state index is 13.8. The minimum Gasteiger partial charge on any atom is -0.497 e. The van der Waals surface area contributed by atoms with E-state index in [0.29, 0.717) is 11.8 Å². The number of hydrogen-bond acceptors (Lipinski definition) is 5. The molecule has 1 aliphatic heterocycles. The third-order valence-electron chi connectivity index (χ3n) is 6.98. The van der Waals surface area contributed by atoms with Gasteiger partial charge in [-0.25, -0.2) is 4.39 Å². The number of halogens is 1.